The first-order valence-corrected chi connectivity index (χ1v) is 4.52. The number of hydrogen-bond acceptors (Lipinski definition) is 4. The maximum Gasteiger partial charge on any atom is 0.224 e. The average molecular weight is 197 g/mol. The van der Waals surface area contributed by atoms with Crippen LogP contribution in [0.1, 0.15) is 6.42 Å². The minimum absolute atomic E-state index is 0.0750. The third-order valence-electron chi connectivity index (χ3n) is 1.92. The lowest BCUT2D eigenvalue weighted by Crippen LogP contribution is -2.32. The second kappa shape index (κ2) is 5.33. The third-order valence-corrected chi connectivity index (χ3v) is 1.92. The lowest BCUT2D eigenvalue weighted by molar-refractivity contribution is -0.130. The zero-order valence-electron chi connectivity index (χ0n) is 8.26. The summed E-state index contributed by atoms with van der Waals surface area (Å²) in [5.74, 6) is 0.0750. The molecule has 78 valence electrons. The molecule has 1 heterocycles. The molecule has 14 heavy (non-hydrogen) atoms. The van der Waals surface area contributed by atoms with Gasteiger partial charge in [-0.25, -0.2) is 0 Å². The molecule has 0 aliphatic heterocycles. The monoisotopic (exact) mass is 197 g/mol. The lowest BCUT2D eigenvalue weighted by Gasteiger charge is -2.15. The van der Waals surface area contributed by atoms with Crippen LogP contribution >= 0.6 is 0 Å². The van der Waals surface area contributed by atoms with Crippen molar-refractivity contribution in [2.45, 2.75) is 13.0 Å². The molecule has 1 amide bonds. The summed E-state index contributed by atoms with van der Waals surface area (Å²) in [5.41, 5.74) is 5.34. The molecule has 1 rings (SSSR count). The van der Waals surface area contributed by atoms with Gasteiger partial charge in [-0.2, -0.15) is 0 Å². The van der Waals surface area contributed by atoms with Gasteiger partial charge in [-0.15, -0.1) is 5.10 Å². The Bertz CT molecular complexity index is 271. The molecule has 2 N–H and O–H groups in total. The highest BCUT2D eigenvalue weighted by molar-refractivity contribution is 5.75. The predicted octanol–water partition coefficient (Wildman–Crippen LogP) is -0.915. The summed E-state index contributed by atoms with van der Waals surface area (Å²) in [7, 11) is 1.75. The highest BCUT2D eigenvalue weighted by Crippen LogP contribution is 1.93. The average Bonchev–Trinajstić information content (AvgIpc) is 2.67. The van der Waals surface area contributed by atoms with E-state index in [0.29, 0.717) is 26.1 Å². The number of carbonyl (C=O) groups excluding carboxylic acids is 1. The van der Waals surface area contributed by atoms with Gasteiger partial charge in [-0.05, 0) is 0 Å². The maximum absolute atomic E-state index is 11.4. The molecule has 0 aliphatic rings. The number of amides is 1. The minimum Gasteiger partial charge on any atom is -0.344 e. The van der Waals surface area contributed by atoms with Crippen molar-refractivity contribution >= 4 is 5.91 Å². The zero-order valence-corrected chi connectivity index (χ0v) is 8.26. The Hall–Kier alpha value is -1.43. The van der Waals surface area contributed by atoms with Crippen molar-refractivity contribution in [1.82, 2.24) is 19.9 Å². The van der Waals surface area contributed by atoms with Gasteiger partial charge in [0.2, 0.25) is 5.91 Å². The van der Waals surface area contributed by atoms with E-state index in [1.807, 2.05) is 0 Å². The van der Waals surface area contributed by atoms with E-state index in [1.165, 1.54) is 0 Å². The van der Waals surface area contributed by atoms with Crippen LogP contribution in [0.5, 0.6) is 0 Å². The fourth-order valence-corrected chi connectivity index (χ4v) is 1.07. The van der Waals surface area contributed by atoms with Gasteiger partial charge in [-0.3, -0.25) is 9.48 Å². The Balaban J connectivity index is 2.27. The van der Waals surface area contributed by atoms with Crippen LogP contribution in [0, 0.1) is 0 Å². The van der Waals surface area contributed by atoms with Crippen molar-refractivity contribution in [2.75, 3.05) is 20.1 Å². The van der Waals surface area contributed by atoms with Gasteiger partial charge >= 0.3 is 0 Å². The standard InChI is InChI=1S/C8H15N5O/c1-12(6-3-9)8(14)2-5-13-7-4-10-11-13/h4,7H,2-3,5-6,9H2,1H3. The van der Waals surface area contributed by atoms with E-state index in [1.54, 1.807) is 29.0 Å². The molecule has 0 saturated carbocycles. The van der Waals surface area contributed by atoms with E-state index < -0.39 is 0 Å². The summed E-state index contributed by atoms with van der Waals surface area (Å²) in [6.45, 7) is 1.65. The van der Waals surface area contributed by atoms with Crippen molar-refractivity contribution in [3.05, 3.63) is 12.4 Å². The molecule has 0 radical (unpaired) electrons. The predicted molar refractivity (Wildman–Crippen MR) is 51.3 cm³/mol. The maximum atomic E-state index is 11.4. The van der Waals surface area contributed by atoms with Gasteiger partial charge in [0.1, 0.15) is 0 Å². The summed E-state index contributed by atoms with van der Waals surface area (Å²) >= 11 is 0. The first-order valence-electron chi connectivity index (χ1n) is 4.52. The highest BCUT2D eigenvalue weighted by Gasteiger charge is 2.07. The van der Waals surface area contributed by atoms with Gasteiger partial charge < -0.3 is 10.6 Å². The Morgan fingerprint density at radius 1 is 1.64 bits per heavy atom. The molecule has 0 spiro atoms. The van der Waals surface area contributed by atoms with E-state index in [4.69, 9.17) is 5.73 Å². The SMILES string of the molecule is CN(CCN)C(=O)CCn1ccnn1. The minimum atomic E-state index is 0.0750. The van der Waals surface area contributed by atoms with Gasteiger partial charge in [0.15, 0.2) is 0 Å². The number of aryl methyl sites for hydroxylation is 1. The van der Waals surface area contributed by atoms with Crippen LogP contribution in [0.3, 0.4) is 0 Å². The van der Waals surface area contributed by atoms with Gasteiger partial charge in [0.05, 0.1) is 12.7 Å². The molecule has 0 atom stereocenters. The quantitative estimate of drug-likeness (QED) is 0.662. The van der Waals surface area contributed by atoms with Crippen LogP contribution < -0.4 is 5.73 Å². The molecule has 6 nitrogen and oxygen atoms in total. The van der Waals surface area contributed by atoms with Crippen molar-refractivity contribution in [3.63, 3.8) is 0 Å². The van der Waals surface area contributed by atoms with Crippen LogP contribution in [0.15, 0.2) is 12.4 Å². The van der Waals surface area contributed by atoms with Crippen LogP contribution in [-0.2, 0) is 11.3 Å². The van der Waals surface area contributed by atoms with E-state index in [-0.39, 0.29) is 5.91 Å². The number of nitrogens with two attached hydrogens (primary N) is 1. The summed E-state index contributed by atoms with van der Waals surface area (Å²) in [4.78, 5) is 13.1. The number of likely N-dealkylation sites (N-methyl/N-ethyl adjacent to an activating group) is 1. The summed E-state index contributed by atoms with van der Waals surface area (Å²) < 4.78 is 1.63. The Kier molecular flexibility index (Phi) is 4.06. The number of carbonyl (C=O) groups is 1. The molecule has 0 saturated heterocycles. The highest BCUT2D eigenvalue weighted by atomic mass is 16.2. The van der Waals surface area contributed by atoms with Gasteiger partial charge in [-0.1, -0.05) is 5.21 Å². The first kappa shape index (κ1) is 10.6. The van der Waals surface area contributed by atoms with Crippen molar-refractivity contribution in [2.24, 2.45) is 5.73 Å². The van der Waals surface area contributed by atoms with Crippen molar-refractivity contribution in [1.29, 1.82) is 0 Å². The van der Waals surface area contributed by atoms with E-state index >= 15 is 0 Å². The first-order chi connectivity index (χ1) is 6.74. The number of nitrogens with zero attached hydrogens (tertiary/aromatic N) is 4. The van der Waals surface area contributed by atoms with Crippen molar-refractivity contribution < 1.29 is 4.79 Å². The molecule has 0 unspecified atom stereocenters. The molecule has 6 heteroatoms. The summed E-state index contributed by atoms with van der Waals surface area (Å²) in [6.07, 6.45) is 3.75. The molecule has 0 aromatic carbocycles. The number of aromatic nitrogens is 3. The van der Waals surface area contributed by atoms with Crippen LogP contribution in [0.4, 0.5) is 0 Å². The van der Waals surface area contributed by atoms with Crippen LogP contribution in [-0.4, -0.2) is 45.9 Å². The molecule has 0 fully saturated rings. The molecule has 1 aromatic rings. The van der Waals surface area contributed by atoms with Gasteiger partial charge in [0, 0.05) is 32.8 Å². The fraction of sp³-hybridized carbons (Fsp3) is 0.625. The fourth-order valence-electron chi connectivity index (χ4n) is 1.07. The Labute approximate surface area is 82.7 Å². The molecule has 1 aromatic heterocycles. The zero-order chi connectivity index (χ0) is 10.4. The second-order valence-corrected chi connectivity index (χ2v) is 3.02. The van der Waals surface area contributed by atoms with E-state index in [9.17, 15) is 4.79 Å². The normalized spacial score (nSPS) is 10.1. The molecule has 0 aliphatic carbocycles. The van der Waals surface area contributed by atoms with E-state index in [2.05, 4.69) is 10.3 Å². The number of rotatable bonds is 5. The largest absolute Gasteiger partial charge is 0.344 e. The smallest absolute Gasteiger partial charge is 0.224 e. The molecular weight excluding hydrogens is 182 g/mol. The Morgan fingerprint density at radius 3 is 3.00 bits per heavy atom. The third kappa shape index (κ3) is 3.14. The Morgan fingerprint density at radius 2 is 2.43 bits per heavy atom. The van der Waals surface area contributed by atoms with E-state index in [0.717, 1.165) is 0 Å². The lowest BCUT2D eigenvalue weighted by atomic mass is 10.3. The second-order valence-electron chi connectivity index (χ2n) is 3.02. The molecule has 0 bridgehead atoms. The summed E-state index contributed by atoms with van der Waals surface area (Å²) in [6, 6.07) is 0. The number of hydrogen-bond donors (Lipinski definition) is 1. The van der Waals surface area contributed by atoms with Crippen LogP contribution in [0.2, 0.25) is 0 Å². The van der Waals surface area contributed by atoms with Crippen LogP contribution in [0.25, 0.3) is 0 Å². The van der Waals surface area contributed by atoms with Crippen molar-refractivity contribution in [3.8, 4) is 0 Å². The van der Waals surface area contributed by atoms with Gasteiger partial charge in [0.25, 0.3) is 0 Å². The summed E-state index contributed by atoms with van der Waals surface area (Å²) in [5, 5.41) is 7.41. The molecular formula is C8H15N5O. The topological polar surface area (TPSA) is 77.0 Å².